The first-order chi connectivity index (χ1) is 10.1. The maximum atomic E-state index is 10.8. The Morgan fingerprint density at radius 3 is 2.95 bits per heavy atom. The van der Waals surface area contributed by atoms with Crippen LogP contribution < -0.4 is 4.74 Å². The summed E-state index contributed by atoms with van der Waals surface area (Å²) in [5.74, 6) is 0.659. The van der Waals surface area contributed by atoms with Crippen molar-refractivity contribution in [1.82, 2.24) is 9.55 Å². The molecule has 0 saturated heterocycles. The Labute approximate surface area is 127 Å². The summed E-state index contributed by atoms with van der Waals surface area (Å²) >= 11 is 1.28. The van der Waals surface area contributed by atoms with Crippen molar-refractivity contribution < 1.29 is 14.6 Å². The number of methoxy groups -OCH3 is 1. The summed E-state index contributed by atoms with van der Waals surface area (Å²) in [6.07, 6.45) is 2.46. The predicted octanol–water partition coefficient (Wildman–Crippen LogP) is 3.19. The SMILES string of the molecule is COc1ccc2nc(SCC(=O)O)n(C(C)C3CC3)c2c1. The molecule has 1 N–H and O–H groups in total. The number of carboxylic acids is 1. The summed E-state index contributed by atoms with van der Waals surface area (Å²) in [5.41, 5.74) is 1.90. The molecule has 112 valence electrons. The van der Waals surface area contributed by atoms with E-state index in [4.69, 9.17) is 9.84 Å². The lowest BCUT2D eigenvalue weighted by Crippen LogP contribution is -2.09. The second-order valence-electron chi connectivity index (χ2n) is 5.38. The van der Waals surface area contributed by atoms with Gasteiger partial charge in [-0.3, -0.25) is 4.79 Å². The highest BCUT2D eigenvalue weighted by atomic mass is 32.2. The number of carboxylic acid groups (broad SMARTS) is 1. The van der Waals surface area contributed by atoms with E-state index in [-0.39, 0.29) is 5.75 Å². The molecule has 0 spiro atoms. The van der Waals surface area contributed by atoms with Gasteiger partial charge in [-0.1, -0.05) is 11.8 Å². The number of benzene rings is 1. The lowest BCUT2D eigenvalue weighted by Gasteiger charge is -2.16. The molecule has 3 rings (SSSR count). The second kappa shape index (κ2) is 5.60. The van der Waals surface area contributed by atoms with E-state index >= 15 is 0 Å². The van der Waals surface area contributed by atoms with Gasteiger partial charge in [0.1, 0.15) is 5.75 Å². The lowest BCUT2D eigenvalue weighted by atomic mass is 10.2. The fraction of sp³-hybridized carbons (Fsp3) is 0.467. The molecule has 1 unspecified atom stereocenters. The monoisotopic (exact) mass is 306 g/mol. The molecule has 1 aromatic heterocycles. The summed E-state index contributed by atoms with van der Waals surface area (Å²) in [7, 11) is 1.65. The van der Waals surface area contributed by atoms with Gasteiger partial charge in [-0.15, -0.1) is 0 Å². The van der Waals surface area contributed by atoms with Crippen molar-refractivity contribution in [2.75, 3.05) is 12.9 Å². The zero-order valence-corrected chi connectivity index (χ0v) is 12.9. The van der Waals surface area contributed by atoms with E-state index in [0.29, 0.717) is 12.0 Å². The van der Waals surface area contributed by atoms with Crippen molar-refractivity contribution >= 4 is 28.8 Å². The number of aromatic nitrogens is 2. The Kier molecular flexibility index (Phi) is 3.80. The third kappa shape index (κ3) is 2.85. The number of nitrogens with zero attached hydrogens (tertiary/aromatic N) is 2. The summed E-state index contributed by atoms with van der Waals surface area (Å²) in [4.78, 5) is 15.4. The normalized spacial score (nSPS) is 16.1. The van der Waals surface area contributed by atoms with E-state index in [9.17, 15) is 4.79 Å². The van der Waals surface area contributed by atoms with Crippen LogP contribution in [0.5, 0.6) is 5.75 Å². The summed E-state index contributed by atoms with van der Waals surface area (Å²) in [6, 6.07) is 6.12. The second-order valence-corrected chi connectivity index (χ2v) is 6.32. The molecule has 0 bridgehead atoms. The van der Waals surface area contributed by atoms with E-state index in [1.54, 1.807) is 7.11 Å². The number of thioether (sulfide) groups is 1. The Morgan fingerprint density at radius 1 is 1.57 bits per heavy atom. The molecule has 1 aliphatic carbocycles. The molecule has 1 atom stereocenters. The predicted molar refractivity (Wildman–Crippen MR) is 82.1 cm³/mol. The van der Waals surface area contributed by atoms with E-state index in [1.807, 2.05) is 18.2 Å². The number of fused-ring (bicyclic) bond motifs is 1. The van der Waals surface area contributed by atoms with Crippen LogP contribution in [0.15, 0.2) is 23.4 Å². The van der Waals surface area contributed by atoms with E-state index in [0.717, 1.165) is 21.9 Å². The zero-order valence-electron chi connectivity index (χ0n) is 12.1. The fourth-order valence-electron chi connectivity index (χ4n) is 2.59. The first-order valence-electron chi connectivity index (χ1n) is 7.00. The third-order valence-electron chi connectivity index (χ3n) is 3.90. The van der Waals surface area contributed by atoms with Crippen LogP contribution in [0.4, 0.5) is 0 Å². The molecule has 1 saturated carbocycles. The van der Waals surface area contributed by atoms with Crippen molar-refractivity contribution in [2.45, 2.75) is 31.0 Å². The third-order valence-corrected chi connectivity index (χ3v) is 4.84. The van der Waals surface area contributed by atoms with Crippen LogP contribution in [-0.2, 0) is 4.79 Å². The first kappa shape index (κ1) is 14.3. The molecule has 5 nitrogen and oxygen atoms in total. The van der Waals surface area contributed by atoms with Gasteiger partial charge >= 0.3 is 5.97 Å². The zero-order chi connectivity index (χ0) is 15.0. The van der Waals surface area contributed by atoms with E-state index < -0.39 is 5.97 Å². The Bertz CT molecular complexity index is 679. The molecule has 0 amide bonds. The molecule has 2 aromatic rings. The average Bonchev–Trinajstić information content (AvgIpc) is 3.25. The van der Waals surface area contributed by atoms with Crippen molar-refractivity contribution in [3.8, 4) is 5.75 Å². The molecule has 0 aliphatic heterocycles. The molecule has 6 heteroatoms. The minimum absolute atomic E-state index is 0.0256. The maximum Gasteiger partial charge on any atom is 0.313 e. The fourth-order valence-corrected chi connectivity index (χ4v) is 3.41. The maximum absolute atomic E-state index is 10.8. The van der Waals surface area contributed by atoms with Crippen molar-refractivity contribution in [2.24, 2.45) is 5.92 Å². The standard InChI is InChI=1S/C15H18N2O3S/c1-9(10-3-4-10)17-13-7-11(20-2)5-6-12(13)16-15(17)21-8-14(18)19/h5-7,9-10H,3-4,8H2,1-2H3,(H,18,19). The van der Waals surface area contributed by atoms with Gasteiger partial charge in [0.25, 0.3) is 0 Å². The highest BCUT2D eigenvalue weighted by Gasteiger charge is 2.31. The Hall–Kier alpha value is -1.69. The van der Waals surface area contributed by atoms with Crippen LogP contribution >= 0.6 is 11.8 Å². The number of rotatable bonds is 6. The van der Waals surface area contributed by atoms with Crippen LogP contribution in [0.1, 0.15) is 25.8 Å². The Balaban J connectivity index is 2.06. The van der Waals surface area contributed by atoms with Crippen molar-refractivity contribution in [3.05, 3.63) is 18.2 Å². The average molecular weight is 306 g/mol. The number of imidazole rings is 1. The van der Waals surface area contributed by atoms with Crippen LogP contribution in [0.2, 0.25) is 0 Å². The Morgan fingerprint density at radius 2 is 2.33 bits per heavy atom. The number of ether oxygens (including phenoxy) is 1. The summed E-state index contributed by atoms with van der Waals surface area (Å²) in [5, 5.41) is 9.68. The van der Waals surface area contributed by atoms with E-state index in [1.165, 1.54) is 24.6 Å². The minimum Gasteiger partial charge on any atom is -0.497 e. The number of aliphatic carboxylic acids is 1. The molecule has 1 aromatic carbocycles. The molecule has 0 radical (unpaired) electrons. The molecular weight excluding hydrogens is 288 g/mol. The smallest absolute Gasteiger partial charge is 0.313 e. The van der Waals surface area contributed by atoms with Gasteiger partial charge in [0, 0.05) is 12.1 Å². The van der Waals surface area contributed by atoms with Gasteiger partial charge in [-0.25, -0.2) is 4.98 Å². The summed E-state index contributed by atoms with van der Waals surface area (Å²) < 4.78 is 7.47. The quantitative estimate of drug-likeness (QED) is 0.830. The van der Waals surface area contributed by atoms with Crippen molar-refractivity contribution in [3.63, 3.8) is 0 Å². The van der Waals surface area contributed by atoms with Crippen LogP contribution in [0.25, 0.3) is 11.0 Å². The lowest BCUT2D eigenvalue weighted by molar-refractivity contribution is -0.133. The van der Waals surface area contributed by atoms with Gasteiger partial charge in [-0.2, -0.15) is 0 Å². The van der Waals surface area contributed by atoms with Gasteiger partial charge in [0.2, 0.25) is 0 Å². The largest absolute Gasteiger partial charge is 0.497 e. The van der Waals surface area contributed by atoms with Crippen LogP contribution in [0.3, 0.4) is 0 Å². The topological polar surface area (TPSA) is 64.3 Å². The first-order valence-corrected chi connectivity index (χ1v) is 7.99. The van der Waals surface area contributed by atoms with Gasteiger partial charge in [0.15, 0.2) is 5.16 Å². The molecule has 1 fully saturated rings. The number of carbonyl (C=O) groups is 1. The van der Waals surface area contributed by atoms with Gasteiger partial charge in [-0.05, 0) is 37.8 Å². The van der Waals surface area contributed by atoms with Gasteiger partial charge < -0.3 is 14.4 Å². The summed E-state index contributed by atoms with van der Waals surface area (Å²) in [6.45, 7) is 2.18. The molecule has 21 heavy (non-hydrogen) atoms. The minimum atomic E-state index is -0.824. The molecular formula is C15H18N2O3S. The number of hydrogen-bond donors (Lipinski definition) is 1. The van der Waals surface area contributed by atoms with E-state index in [2.05, 4.69) is 16.5 Å². The van der Waals surface area contributed by atoms with Crippen molar-refractivity contribution in [1.29, 1.82) is 0 Å². The molecule has 1 aliphatic rings. The van der Waals surface area contributed by atoms with Gasteiger partial charge in [0.05, 0.1) is 23.9 Å². The van der Waals surface area contributed by atoms with Crippen LogP contribution in [0, 0.1) is 5.92 Å². The van der Waals surface area contributed by atoms with Crippen LogP contribution in [-0.4, -0.2) is 33.5 Å². The highest BCUT2D eigenvalue weighted by Crippen LogP contribution is 2.43. The highest BCUT2D eigenvalue weighted by molar-refractivity contribution is 7.99. The molecule has 1 heterocycles. The number of hydrogen-bond acceptors (Lipinski definition) is 4.